The van der Waals surface area contributed by atoms with Crippen molar-refractivity contribution in [1.29, 1.82) is 0 Å². The highest BCUT2D eigenvalue weighted by molar-refractivity contribution is 5.58. The Morgan fingerprint density at radius 2 is 0.754 bits per heavy atom. The maximum atomic E-state index is 12.3. The lowest BCUT2D eigenvalue weighted by molar-refractivity contribution is -0.122. The lowest BCUT2D eigenvalue weighted by atomic mass is 9.89. The minimum Gasteiger partial charge on any atom is -0.483 e. The largest absolute Gasteiger partial charge is 0.483 e. The Morgan fingerprint density at radius 1 is 0.462 bits per heavy atom. The first-order valence-corrected chi connectivity index (χ1v) is 28.0. The molecule has 0 bridgehead atoms. The number of anilines is 1. The van der Waals surface area contributed by atoms with Gasteiger partial charge in [0.25, 0.3) is 6.47 Å². The molecule has 1 unspecified atom stereocenters. The maximum absolute atomic E-state index is 12.3. The first-order chi connectivity index (χ1) is 31.8. The van der Waals surface area contributed by atoms with Gasteiger partial charge in [-0.2, -0.15) is 0 Å². The zero-order valence-corrected chi connectivity index (χ0v) is 45.8. The Morgan fingerprint density at radius 3 is 1.09 bits per heavy atom. The van der Waals surface area contributed by atoms with Gasteiger partial charge in [-0.15, -0.1) is 12.8 Å². The second-order valence-corrected chi connectivity index (χ2v) is 17.8. The van der Waals surface area contributed by atoms with Crippen LogP contribution in [0, 0.1) is 24.7 Å². The van der Waals surface area contributed by atoms with Gasteiger partial charge in [-0.25, -0.2) is 0 Å². The van der Waals surface area contributed by atoms with E-state index in [1.165, 1.54) is 219 Å². The van der Waals surface area contributed by atoms with Gasteiger partial charge in [0.1, 0.15) is 0 Å². The zero-order valence-electron chi connectivity index (χ0n) is 45.8. The molecule has 0 saturated carbocycles. The van der Waals surface area contributed by atoms with Crippen LogP contribution in [0.1, 0.15) is 280 Å². The molecule has 1 atom stereocenters. The highest BCUT2D eigenvalue weighted by Crippen LogP contribution is 2.25. The van der Waals surface area contributed by atoms with Gasteiger partial charge >= 0.3 is 0 Å². The number of unbranched alkanes of at least 4 members (excludes halogenated alkanes) is 21. The van der Waals surface area contributed by atoms with Crippen LogP contribution in [0.5, 0.6) is 0 Å². The molecule has 0 aliphatic carbocycles. The number of nitrogens with zero attached hydrogens (tertiary/aromatic N) is 2. The van der Waals surface area contributed by atoms with Crippen LogP contribution in [0.15, 0.2) is 9.59 Å². The number of rotatable bonds is 42. The predicted octanol–water partition coefficient (Wildman–Crippen LogP) is 16.4. The van der Waals surface area contributed by atoms with Crippen molar-refractivity contribution < 1.29 is 15.0 Å². The third-order valence-electron chi connectivity index (χ3n) is 12.8. The van der Waals surface area contributed by atoms with E-state index < -0.39 is 0 Å². The fraction of sp³-hybridized carbons (Fsp3) is 0.879. The summed E-state index contributed by atoms with van der Waals surface area (Å²) < 4.78 is 0. The molecule has 0 heterocycles. The minimum atomic E-state index is -0.274. The van der Waals surface area contributed by atoms with Gasteiger partial charge in [-0.05, 0) is 57.2 Å². The Labute approximate surface area is 407 Å². The molecule has 0 fully saturated rings. The second kappa shape index (κ2) is 61.8. The quantitative estimate of drug-likeness (QED) is 0.0292. The van der Waals surface area contributed by atoms with Crippen molar-refractivity contribution in [2.75, 3.05) is 45.2 Å². The third kappa shape index (κ3) is 45.4. The molecule has 2 N–H and O–H groups in total. The standard InChI is InChI=1S/C50H96N2O2.2C2H6.C2H2.CH2O2.CH4O/c1-7-12-15-18-22-30-38-46(39-31-23-19-16-13-8-2)40-32-25-21-27-34-43-52(44-35-41-51(6)48-47(11-5)49(53)50(48)54)42-33-26-20-24-29-37-45(10-4)36-28-17-14-9-3;3*1-2;2-1-3;1-2/h45-46H,7-44H2,1-6H3;2*1-2H3;1-2H;1H,(H,2,3);2H,1H3. The summed E-state index contributed by atoms with van der Waals surface area (Å²) in [6.45, 7) is 23.4. The zero-order chi connectivity index (χ0) is 50.2. The molecule has 7 heteroatoms. The van der Waals surface area contributed by atoms with Crippen molar-refractivity contribution in [3.63, 3.8) is 0 Å². The second-order valence-electron chi connectivity index (χ2n) is 17.8. The van der Waals surface area contributed by atoms with Crippen molar-refractivity contribution in [2.24, 2.45) is 11.8 Å². The van der Waals surface area contributed by atoms with Crippen molar-refractivity contribution in [2.45, 2.75) is 281 Å². The van der Waals surface area contributed by atoms with Gasteiger partial charge in [0.05, 0.1) is 5.69 Å². The summed E-state index contributed by atoms with van der Waals surface area (Å²) in [5, 5.41) is 13.9. The van der Waals surface area contributed by atoms with E-state index in [0.717, 1.165) is 44.0 Å². The van der Waals surface area contributed by atoms with Crippen LogP contribution >= 0.6 is 0 Å². The lowest BCUT2D eigenvalue weighted by Gasteiger charge is -2.26. The van der Waals surface area contributed by atoms with Crippen LogP contribution in [0.3, 0.4) is 0 Å². The summed E-state index contributed by atoms with van der Waals surface area (Å²) in [4.78, 5) is 37.4. The maximum Gasteiger partial charge on any atom is 0.290 e. The highest BCUT2D eigenvalue weighted by Gasteiger charge is 2.22. The van der Waals surface area contributed by atoms with Crippen LogP contribution in [0.2, 0.25) is 0 Å². The van der Waals surface area contributed by atoms with Crippen LogP contribution in [-0.2, 0) is 11.2 Å². The van der Waals surface area contributed by atoms with Gasteiger partial charge in [-0.1, -0.05) is 255 Å². The smallest absolute Gasteiger partial charge is 0.290 e. The highest BCUT2D eigenvalue weighted by atomic mass is 16.3. The number of hydrogen-bond donors (Lipinski definition) is 2. The van der Waals surface area contributed by atoms with E-state index in [0.29, 0.717) is 12.1 Å². The molecular formula is C58H116N2O5. The van der Waals surface area contributed by atoms with Crippen LogP contribution < -0.4 is 15.8 Å². The molecule has 1 aromatic carbocycles. The van der Waals surface area contributed by atoms with E-state index in [2.05, 4.69) is 50.3 Å². The molecule has 7 nitrogen and oxygen atoms in total. The number of aliphatic hydroxyl groups is 1. The third-order valence-corrected chi connectivity index (χ3v) is 12.8. The van der Waals surface area contributed by atoms with Gasteiger partial charge in [-0.3, -0.25) is 14.4 Å². The summed E-state index contributed by atoms with van der Waals surface area (Å²) >= 11 is 0. The molecule has 0 radical (unpaired) electrons. The average Bonchev–Trinajstić information content (AvgIpc) is 3.34. The summed E-state index contributed by atoms with van der Waals surface area (Å²) in [6.07, 6.45) is 54.8. The Bertz CT molecular complexity index is 1100. The molecule has 0 aliphatic rings. The minimum absolute atomic E-state index is 0.250. The Balaban J connectivity index is -0.00000100. The molecule has 0 aliphatic heterocycles. The van der Waals surface area contributed by atoms with Crippen LogP contribution in [0.25, 0.3) is 0 Å². The normalized spacial score (nSPS) is 10.9. The molecule has 0 amide bonds. The lowest BCUT2D eigenvalue weighted by Crippen LogP contribution is -2.43. The number of carboxylic acid groups (broad SMARTS) is 1. The number of carbonyl (C=O) groups is 1. The number of terminal acetylenes is 1. The van der Waals surface area contributed by atoms with Crippen LogP contribution in [0.4, 0.5) is 5.69 Å². The molecule has 0 aromatic heterocycles. The van der Waals surface area contributed by atoms with Crippen molar-refractivity contribution in [1.82, 2.24) is 4.90 Å². The molecule has 1 rings (SSSR count). The molecular weight excluding hydrogens is 805 g/mol. The fourth-order valence-electron chi connectivity index (χ4n) is 9.01. The molecule has 0 spiro atoms. The predicted molar refractivity (Wildman–Crippen MR) is 292 cm³/mol. The van der Waals surface area contributed by atoms with Crippen molar-refractivity contribution in [3.8, 4) is 12.8 Å². The summed E-state index contributed by atoms with van der Waals surface area (Å²) in [5.74, 6) is 1.92. The van der Waals surface area contributed by atoms with E-state index in [1.807, 2.05) is 41.7 Å². The van der Waals surface area contributed by atoms with E-state index in [-0.39, 0.29) is 17.3 Å². The monoisotopic (exact) mass is 921 g/mol. The summed E-state index contributed by atoms with van der Waals surface area (Å²) in [7, 11) is 3.00. The Kier molecular flexibility index (Phi) is 68.3. The summed E-state index contributed by atoms with van der Waals surface area (Å²) in [6, 6.07) is 0. The van der Waals surface area contributed by atoms with E-state index >= 15 is 0 Å². The van der Waals surface area contributed by atoms with E-state index in [1.54, 1.807) is 0 Å². The number of hydrogen-bond acceptors (Lipinski definition) is 6. The van der Waals surface area contributed by atoms with Gasteiger partial charge in [0.15, 0.2) is 0 Å². The van der Waals surface area contributed by atoms with Gasteiger partial charge < -0.3 is 20.0 Å². The summed E-state index contributed by atoms with van der Waals surface area (Å²) in [5.41, 5.74) is 0.882. The molecule has 388 valence electrons. The average molecular weight is 922 g/mol. The van der Waals surface area contributed by atoms with Crippen molar-refractivity contribution in [3.05, 3.63) is 26.0 Å². The first kappa shape index (κ1) is 71.8. The van der Waals surface area contributed by atoms with Gasteiger partial charge in [0, 0.05) is 26.3 Å². The number of aliphatic hydroxyl groups excluding tert-OH is 1. The van der Waals surface area contributed by atoms with E-state index in [4.69, 9.17) is 15.0 Å². The fourth-order valence-corrected chi connectivity index (χ4v) is 9.01. The topological polar surface area (TPSA) is 98.2 Å². The molecule has 65 heavy (non-hydrogen) atoms. The molecule has 0 saturated heterocycles. The molecule has 1 aromatic rings. The SMILES string of the molecule is C#C.CC.CC.CCCCCCCCC(CCCCCCCC)CCCCCCCN(CCCCCCCC(CC)CCCCCC)CCCN(C)c1c(CC)c(=O)c1=O.CO.O=CO. The Hall–Kier alpha value is -2.17. The first-order valence-electron chi connectivity index (χ1n) is 28.0. The van der Waals surface area contributed by atoms with Gasteiger partial charge in [0.2, 0.25) is 10.9 Å². The van der Waals surface area contributed by atoms with Crippen molar-refractivity contribution >= 4 is 12.2 Å². The van der Waals surface area contributed by atoms with Crippen LogP contribution in [-0.4, -0.2) is 61.9 Å². The van der Waals surface area contributed by atoms with E-state index in [9.17, 15) is 9.59 Å².